The molecule has 0 unspecified atom stereocenters. The maximum Gasteiger partial charge on any atom is 0.252 e. The summed E-state index contributed by atoms with van der Waals surface area (Å²) in [7, 11) is 1.65. The minimum absolute atomic E-state index is 0.0689. The van der Waals surface area contributed by atoms with Crippen LogP contribution in [0.15, 0.2) is 53.3 Å². The van der Waals surface area contributed by atoms with Crippen LogP contribution in [0.2, 0.25) is 0 Å². The van der Waals surface area contributed by atoms with Crippen molar-refractivity contribution in [3.63, 3.8) is 0 Å². The van der Waals surface area contributed by atoms with Crippen LogP contribution in [-0.4, -0.2) is 55.5 Å². The van der Waals surface area contributed by atoms with Crippen molar-refractivity contribution in [3.05, 3.63) is 81.4 Å². The molecule has 0 bridgehead atoms. The normalized spacial score (nSPS) is 12.4. The number of hydrogen-bond donors (Lipinski definition) is 2. The van der Waals surface area contributed by atoms with Gasteiger partial charge in [-0.3, -0.25) is 9.69 Å². The average molecular weight is 491 g/mol. The molecule has 0 saturated heterocycles. The Kier molecular flexibility index (Phi) is 8.45. The Labute approximate surface area is 210 Å². The molecule has 9 heteroatoms. The number of nitrogens with zero attached hydrogens (tertiary/aromatic N) is 5. The number of ether oxygens (including phenoxy) is 1. The molecule has 0 amide bonds. The van der Waals surface area contributed by atoms with Gasteiger partial charge in [0.05, 0.1) is 19.7 Å². The first-order chi connectivity index (χ1) is 17.5. The predicted molar refractivity (Wildman–Crippen MR) is 139 cm³/mol. The molecule has 4 rings (SSSR count). The number of aryl methyl sites for hydroxylation is 1. The largest absolute Gasteiger partial charge is 0.497 e. The van der Waals surface area contributed by atoms with Crippen molar-refractivity contribution in [1.29, 1.82) is 0 Å². The molecule has 0 fully saturated rings. The lowest BCUT2D eigenvalue weighted by molar-refractivity contribution is 0.148. The fourth-order valence-electron chi connectivity index (χ4n) is 4.54. The first-order valence-electron chi connectivity index (χ1n) is 12.4. The minimum Gasteiger partial charge on any atom is -0.497 e. The van der Waals surface area contributed by atoms with E-state index in [-0.39, 0.29) is 18.2 Å². The quantitative estimate of drug-likeness (QED) is 0.312. The van der Waals surface area contributed by atoms with Gasteiger partial charge in [-0.2, -0.15) is 0 Å². The summed E-state index contributed by atoms with van der Waals surface area (Å²) in [6.07, 6.45) is 2.33. The number of aliphatic hydroxyl groups excluding tert-OH is 1. The van der Waals surface area contributed by atoms with Gasteiger partial charge in [-0.05, 0) is 71.5 Å². The number of methoxy groups -OCH3 is 1. The number of hydrogen-bond acceptors (Lipinski definition) is 7. The Balaban J connectivity index is 1.66. The van der Waals surface area contributed by atoms with Gasteiger partial charge in [-0.15, -0.1) is 5.10 Å². The van der Waals surface area contributed by atoms with E-state index in [1.165, 1.54) is 0 Å². The van der Waals surface area contributed by atoms with Crippen molar-refractivity contribution in [2.24, 2.45) is 0 Å². The highest BCUT2D eigenvalue weighted by molar-refractivity contribution is 5.79. The number of aromatic nitrogens is 5. The van der Waals surface area contributed by atoms with Gasteiger partial charge in [0.2, 0.25) is 0 Å². The Bertz CT molecular complexity index is 1330. The van der Waals surface area contributed by atoms with Crippen molar-refractivity contribution in [3.8, 4) is 5.75 Å². The third-order valence-electron chi connectivity index (χ3n) is 6.41. The number of aliphatic hydroxyl groups is 1. The molecule has 2 aromatic heterocycles. The Hall–Kier alpha value is -3.56. The standard InChI is InChI=1S/C27H34N6O3/c1-4-6-25(26-29-30-31-33(26)17-20-8-10-23(36-3)11-9-20)32(13-5-14-34)18-22-16-21-15-19(2)7-12-24(21)28-27(22)35/h7-12,15-16,25,34H,4-6,13-14,17-18H2,1-3H3,(H,28,35)/t25-/m1/s1. The van der Waals surface area contributed by atoms with E-state index in [0.717, 1.165) is 46.4 Å². The minimum atomic E-state index is -0.109. The van der Waals surface area contributed by atoms with Gasteiger partial charge in [-0.25, -0.2) is 4.68 Å². The van der Waals surface area contributed by atoms with E-state index in [4.69, 9.17) is 4.74 Å². The molecule has 190 valence electrons. The Morgan fingerprint density at radius 3 is 2.69 bits per heavy atom. The summed E-state index contributed by atoms with van der Waals surface area (Å²) in [5.41, 5.74) is 3.60. The van der Waals surface area contributed by atoms with Crippen LogP contribution in [0, 0.1) is 6.92 Å². The zero-order valence-corrected chi connectivity index (χ0v) is 21.1. The second-order valence-corrected chi connectivity index (χ2v) is 9.11. The van der Waals surface area contributed by atoms with Crippen molar-refractivity contribution < 1.29 is 9.84 Å². The van der Waals surface area contributed by atoms with Crippen molar-refractivity contribution in [2.45, 2.75) is 52.2 Å². The number of fused-ring (bicyclic) bond motifs is 1. The lowest BCUT2D eigenvalue weighted by Crippen LogP contribution is -2.34. The van der Waals surface area contributed by atoms with E-state index < -0.39 is 0 Å². The SMILES string of the molecule is CCC[C@H](c1nnnn1Cc1ccc(OC)cc1)N(CCCO)Cc1cc2cc(C)ccc2[nH]c1=O. The first-order valence-corrected chi connectivity index (χ1v) is 12.4. The third-order valence-corrected chi connectivity index (χ3v) is 6.41. The van der Waals surface area contributed by atoms with E-state index in [0.29, 0.717) is 31.6 Å². The molecule has 2 N–H and O–H groups in total. The fourth-order valence-corrected chi connectivity index (χ4v) is 4.54. The number of aromatic amines is 1. The van der Waals surface area contributed by atoms with Crippen molar-refractivity contribution >= 4 is 10.9 Å². The topological polar surface area (TPSA) is 109 Å². The highest BCUT2D eigenvalue weighted by Crippen LogP contribution is 2.27. The molecule has 1 atom stereocenters. The molecule has 0 aliphatic rings. The van der Waals surface area contributed by atoms with E-state index in [1.54, 1.807) is 7.11 Å². The fraction of sp³-hybridized carbons (Fsp3) is 0.407. The summed E-state index contributed by atoms with van der Waals surface area (Å²) in [6, 6.07) is 15.7. The third kappa shape index (κ3) is 5.98. The number of pyridine rings is 1. The average Bonchev–Trinajstić information content (AvgIpc) is 3.34. The molecule has 2 heterocycles. The maximum atomic E-state index is 13.0. The van der Waals surface area contributed by atoms with Gasteiger partial charge < -0.3 is 14.8 Å². The zero-order chi connectivity index (χ0) is 25.5. The summed E-state index contributed by atoms with van der Waals surface area (Å²) in [6.45, 7) is 5.80. The predicted octanol–water partition coefficient (Wildman–Crippen LogP) is 3.61. The highest BCUT2D eigenvalue weighted by Gasteiger charge is 2.26. The maximum absolute atomic E-state index is 13.0. The van der Waals surface area contributed by atoms with Gasteiger partial charge in [0.25, 0.3) is 5.56 Å². The lowest BCUT2D eigenvalue weighted by atomic mass is 10.1. The molecule has 9 nitrogen and oxygen atoms in total. The number of tetrazole rings is 1. The van der Waals surface area contributed by atoms with E-state index in [9.17, 15) is 9.90 Å². The molecule has 0 saturated carbocycles. The van der Waals surface area contributed by atoms with Gasteiger partial charge in [-0.1, -0.05) is 37.1 Å². The molecule has 2 aromatic carbocycles. The number of H-pyrrole nitrogens is 1. The Morgan fingerprint density at radius 2 is 1.97 bits per heavy atom. The molecule has 4 aromatic rings. The van der Waals surface area contributed by atoms with Crippen LogP contribution in [0.5, 0.6) is 5.75 Å². The molecule has 0 aliphatic carbocycles. The van der Waals surface area contributed by atoms with Gasteiger partial charge in [0.15, 0.2) is 5.82 Å². The molecular weight excluding hydrogens is 456 g/mol. The van der Waals surface area contributed by atoms with Gasteiger partial charge in [0.1, 0.15) is 5.75 Å². The van der Waals surface area contributed by atoms with E-state index in [1.807, 2.05) is 54.1 Å². The highest BCUT2D eigenvalue weighted by atomic mass is 16.5. The van der Waals surface area contributed by atoms with Gasteiger partial charge in [0, 0.05) is 30.8 Å². The summed E-state index contributed by atoms with van der Waals surface area (Å²) >= 11 is 0. The summed E-state index contributed by atoms with van der Waals surface area (Å²) < 4.78 is 7.09. The molecular formula is C27H34N6O3. The number of rotatable bonds is 12. The lowest BCUT2D eigenvalue weighted by Gasteiger charge is -2.30. The second kappa shape index (κ2) is 11.9. The van der Waals surface area contributed by atoms with E-state index in [2.05, 4.69) is 38.4 Å². The van der Waals surface area contributed by atoms with E-state index >= 15 is 0 Å². The molecule has 0 radical (unpaired) electrons. The van der Waals surface area contributed by atoms with Crippen LogP contribution in [0.1, 0.15) is 54.7 Å². The van der Waals surface area contributed by atoms with Crippen LogP contribution >= 0.6 is 0 Å². The second-order valence-electron chi connectivity index (χ2n) is 9.11. The van der Waals surface area contributed by atoms with Crippen LogP contribution in [-0.2, 0) is 13.1 Å². The number of nitrogens with one attached hydrogen (secondary N) is 1. The first kappa shape index (κ1) is 25.5. The Morgan fingerprint density at radius 1 is 1.17 bits per heavy atom. The van der Waals surface area contributed by atoms with Crippen molar-refractivity contribution in [1.82, 2.24) is 30.1 Å². The van der Waals surface area contributed by atoms with Crippen LogP contribution in [0.4, 0.5) is 0 Å². The molecule has 0 aliphatic heterocycles. The molecule has 36 heavy (non-hydrogen) atoms. The monoisotopic (exact) mass is 490 g/mol. The smallest absolute Gasteiger partial charge is 0.252 e. The van der Waals surface area contributed by atoms with Gasteiger partial charge >= 0.3 is 0 Å². The number of benzene rings is 2. The summed E-state index contributed by atoms with van der Waals surface area (Å²) in [4.78, 5) is 18.2. The van der Waals surface area contributed by atoms with Crippen LogP contribution in [0.3, 0.4) is 0 Å². The summed E-state index contributed by atoms with van der Waals surface area (Å²) in [5.74, 6) is 1.55. The van der Waals surface area contributed by atoms with Crippen molar-refractivity contribution in [2.75, 3.05) is 20.3 Å². The zero-order valence-electron chi connectivity index (χ0n) is 21.1. The summed E-state index contributed by atoms with van der Waals surface area (Å²) in [5, 5.41) is 23.3. The van der Waals surface area contributed by atoms with Crippen LogP contribution < -0.4 is 10.3 Å². The van der Waals surface area contributed by atoms with Crippen LogP contribution in [0.25, 0.3) is 10.9 Å². The molecule has 0 spiro atoms.